The molecule has 0 spiro atoms. The van der Waals surface area contributed by atoms with Crippen molar-refractivity contribution in [3.63, 3.8) is 0 Å². The maximum Gasteiger partial charge on any atom is 0.277 e. The van der Waals surface area contributed by atoms with Crippen LogP contribution in [0.1, 0.15) is 5.56 Å². The van der Waals surface area contributed by atoms with Crippen LogP contribution < -0.4 is 10.0 Å². The molecule has 1 aliphatic heterocycles. The summed E-state index contributed by atoms with van der Waals surface area (Å²) < 4.78 is 27.7. The van der Waals surface area contributed by atoms with Gasteiger partial charge in [0.05, 0.1) is 18.0 Å². The molecule has 28 heavy (non-hydrogen) atoms. The standard InChI is InChI=1S/C19H19N3O5S/c1-13-5-7-14(8-6-13)21-28(26,27)16-4-2-3-15(11-16)20-17-12-18(24)22(9-10-23)19(17)25/h2-8,11-12,20-21,23H,9-10H2,1H3. The second-order valence-corrected chi connectivity index (χ2v) is 7.88. The van der Waals surface area contributed by atoms with Gasteiger partial charge in [0.15, 0.2) is 0 Å². The first kappa shape index (κ1) is 19.6. The summed E-state index contributed by atoms with van der Waals surface area (Å²) in [7, 11) is -3.83. The molecule has 2 aromatic carbocycles. The highest BCUT2D eigenvalue weighted by atomic mass is 32.2. The van der Waals surface area contributed by atoms with Gasteiger partial charge in [-0.25, -0.2) is 8.42 Å². The number of anilines is 2. The van der Waals surface area contributed by atoms with Crippen LogP contribution >= 0.6 is 0 Å². The summed E-state index contributed by atoms with van der Waals surface area (Å²) in [5, 5.41) is 11.7. The first-order valence-electron chi connectivity index (χ1n) is 8.45. The number of nitrogens with one attached hydrogen (secondary N) is 2. The smallest absolute Gasteiger partial charge is 0.277 e. The first-order chi connectivity index (χ1) is 13.3. The van der Waals surface area contributed by atoms with Gasteiger partial charge in [0.2, 0.25) is 0 Å². The van der Waals surface area contributed by atoms with Crippen LogP contribution in [0.4, 0.5) is 11.4 Å². The van der Waals surface area contributed by atoms with Crippen LogP contribution in [0.25, 0.3) is 0 Å². The Bertz CT molecular complexity index is 1050. The molecule has 2 amide bonds. The van der Waals surface area contributed by atoms with Gasteiger partial charge in [0.1, 0.15) is 5.70 Å². The molecule has 0 unspecified atom stereocenters. The molecule has 0 bridgehead atoms. The number of sulfonamides is 1. The number of hydrogen-bond acceptors (Lipinski definition) is 6. The van der Waals surface area contributed by atoms with Crippen molar-refractivity contribution < 1.29 is 23.1 Å². The number of aliphatic hydroxyl groups excluding tert-OH is 1. The van der Waals surface area contributed by atoms with E-state index in [4.69, 9.17) is 5.11 Å². The Kier molecular flexibility index (Phi) is 5.48. The molecule has 146 valence electrons. The molecule has 1 aliphatic rings. The van der Waals surface area contributed by atoms with Crippen LogP contribution in [-0.4, -0.2) is 43.4 Å². The Morgan fingerprint density at radius 2 is 1.75 bits per heavy atom. The monoisotopic (exact) mass is 401 g/mol. The maximum absolute atomic E-state index is 12.6. The molecule has 3 rings (SSSR count). The fourth-order valence-electron chi connectivity index (χ4n) is 2.64. The lowest BCUT2D eigenvalue weighted by Gasteiger charge is -2.14. The molecule has 2 aromatic rings. The minimum atomic E-state index is -3.83. The van der Waals surface area contributed by atoms with Gasteiger partial charge >= 0.3 is 0 Å². The zero-order valence-electron chi connectivity index (χ0n) is 15.0. The van der Waals surface area contributed by atoms with Gasteiger partial charge < -0.3 is 10.4 Å². The Morgan fingerprint density at radius 1 is 1.04 bits per heavy atom. The van der Waals surface area contributed by atoms with Crippen molar-refractivity contribution in [2.45, 2.75) is 11.8 Å². The predicted octanol–water partition coefficient (Wildman–Crippen LogP) is 1.45. The van der Waals surface area contributed by atoms with Gasteiger partial charge in [-0.05, 0) is 37.3 Å². The minimum Gasteiger partial charge on any atom is -0.395 e. The van der Waals surface area contributed by atoms with Crippen molar-refractivity contribution in [1.82, 2.24) is 4.90 Å². The van der Waals surface area contributed by atoms with E-state index in [1.165, 1.54) is 18.2 Å². The molecule has 0 atom stereocenters. The quantitative estimate of drug-likeness (QED) is 0.605. The van der Waals surface area contributed by atoms with Gasteiger partial charge in [-0.15, -0.1) is 0 Å². The highest BCUT2D eigenvalue weighted by Crippen LogP contribution is 2.22. The van der Waals surface area contributed by atoms with Crippen molar-refractivity contribution >= 4 is 33.2 Å². The molecular formula is C19H19N3O5S. The lowest BCUT2D eigenvalue weighted by atomic mass is 10.2. The fraction of sp³-hybridized carbons (Fsp3) is 0.158. The second-order valence-electron chi connectivity index (χ2n) is 6.20. The number of hydrogen-bond donors (Lipinski definition) is 3. The third kappa shape index (κ3) is 4.21. The minimum absolute atomic E-state index is 0.00246. The molecule has 9 heteroatoms. The number of carbonyl (C=O) groups is 2. The topological polar surface area (TPSA) is 116 Å². The number of carbonyl (C=O) groups excluding carboxylic acids is 2. The predicted molar refractivity (Wildman–Crippen MR) is 104 cm³/mol. The van der Waals surface area contributed by atoms with Crippen LogP contribution in [0.3, 0.4) is 0 Å². The molecule has 3 N–H and O–H groups in total. The van der Waals surface area contributed by atoms with Gasteiger partial charge in [-0.1, -0.05) is 23.8 Å². The summed E-state index contributed by atoms with van der Waals surface area (Å²) >= 11 is 0. The lowest BCUT2D eigenvalue weighted by molar-refractivity contribution is -0.137. The molecule has 1 heterocycles. The van der Waals surface area contributed by atoms with E-state index in [0.29, 0.717) is 11.4 Å². The molecule has 0 radical (unpaired) electrons. The van der Waals surface area contributed by atoms with Gasteiger partial charge in [-0.3, -0.25) is 19.2 Å². The van der Waals surface area contributed by atoms with E-state index in [1.54, 1.807) is 30.3 Å². The van der Waals surface area contributed by atoms with Crippen LogP contribution in [0, 0.1) is 6.92 Å². The summed E-state index contributed by atoms with van der Waals surface area (Å²) in [5.74, 6) is -1.11. The van der Waals surface area contributed by atoms with E-state index >= 15 is 0 Å². The molecular weight excluding hydrogens is 382 g/mol. The molecule has 0 aliphatic carbocycles. The summed E-state index contributed by atoms with van der Waals surface area (Å²) in [6.07, 6.45) is 1.11. The van der Waals surface area contributed by atoms with E-state index in [-0.39, 0.29) is 23.7 Å². The Labute approximate surface area is 162 Å². The number of rotatable bonds is 7. The number of nitrogens with zero attached hydrogens (tertiary/aromatic N) is 1. The van der Waals surface area contributed by atoms with Gasteiger partial charge in [0, 0.05) is 17.5 Å². The number of benzene rings is 2. The van der Waals surface area contributed by atoms with E-state index in [1.807, 2.05) is 6.92 Å². The van der Waals surface area contributed by atoms with E-state index in [0.717, 1.165) is 16.5 Å². The van der Waals surface area contributed by atoms with Crippen molar-refractivity contribution in [2.75, 3.05) is 23.2 Å². The molecule has 0 saturated heterocycles. The van der Waals surface area contributed by atoms with Crippen LogP contribution in [-0.2, 0) is 19.6 Å². The normalized spacial score (nSPS) is 14.2. The number of imide groups is 1. The van der Waals surface area contributed by atoms with Gasteiger partial charge in [0.25, 0.3) is 21.8 Å². The van der Waals surface area contributed by atoms with Crippen molar-refractivity contribution in [3.05, 3.63) is 65.9 Å². The van der Waals surface area contributed by atoms with E-state index < -0.39 is 21.8 Å². The Hall–Kier alpha value is -3.17. The fourth-order valence-corrected chi connectivity index (χ4v) is 3.75. The average Bonchev–Trinajstić information content (AvgIpc) is 2.91. The maximum atomic E-state index is 12.6. The summed E-state index contributed by atoms with van der Waals surface area (Å²) in [4.78, 5) is 24.9. The third-order valence-corrected chi connectivity index (χ3v) is 5.44. The summed E-state index contributed by atoms with van der Waals surface area (Å²) in [6, 6.07) is 12.8. The number of β-amino-alcohol motifs (C(OH)–C–C–N with tert-alkyl or cyclic N) is 1. The second kappa shape index (κ2) is 7.83. The number of aliphatic hydroxyl groups is 1. The molecule has 0 saturated carbocycles. The van der Waals surface area contributed by atoms with Crippen molar-refractivity contribution in [3.8, 4) is 0 Å². The summed E-state index contributed by atoms with van der Waals surface area (Å²) in [6.45, 7) is 1.46. The van der Waals surface area contributed by atoms with Gasteiger partial charge in [-0.2, -0.15) is 0 Å². The van der Waals surface area contributed by atoms with E-state index in [9.17, 15) is 18.0 Å². The number of aryl methyl sites for hydroxylation is 1. The highest BCUT2D eigenvalue weighted by Gasteiger charge is 2.30. The summed E-state index contributed by atoms with van der Waals surface area (Å²) in [5.41, 5.74) is 1.79. The SMILES string of the molecule is Cc1ccc(NS(=O)(=O)c2cccc(NC3=CC(=O)N(CCO)C3=O)c2)cc1. The largest absolute Gasteiger partial charge is 0.395 e. The average molecular weight is 401 g/mol. The Balaban J connectivity index is 1.79. The first-order valence-corrected chi connectivity index (χ1v) is 9.93. The lowest BCUT2D eigenvalue weighted by Crippen LogP contribution is -2.34. The van der Waals surface area contributed by atoms with Crippen LogP contribution in [0.15, 0.2) is 65.2 Å². The highest BCUT2D eigenvalue weighted by molar-refractivity contribution is 7.92. The van der Waals surface area contributed by atoms with Crippen molar-refractivity contribution in [2.24, 2.45) is 0 Å². The zero-order valence-corrected chi connectivity index (χ0v) is 15.9. The third-order valence-electron chi connectivity index (χ3n) is 4.06. The Morgan fingerprint density at radius 3 is 2.43 bits per heavy atom. The van der Waals surface area contributed by atoms with E-state index in [2.05, 4.69) is 10.0 Å². The van der Waals surface area contributed by atoms with Crippen molar-refractivity contribution in [1.29, 1.82) is 0 Å². The van der Waals surface area contributed by atoms with Crippen LogP contribution in [0.5, 0.6) is 0 Å². The zero-order chi connectivity index (χ0) is 20.3. The molecule has 0 fully saturated rings. The van der Waals surface area contributed by atoms with Crippen LogP contribution in [0.2, 0.25) is 0 Å². The molecule has 8 nitrogen and oxygen atoms in total. The number of amides is 2. The molecule has 0 aromatic heterocycles.